The van der Waals surface area contributed by atoms with Crippen LogP contribution in [0, 0.1) is 0 Å². The maximum atomic E-state index is 5.82. The number of fused-ring (bicyclic) bond motifs is 1. The van der Waals surface area contributed by atoms with E-state index < -0.39 is 0 Å². The van der Waals surface area contributed by atoms with Gasteiger partial charge in [-0.1, -0.05) is 18.2 Å². The zero-order chi connectivity index (χ0) is 13.4. The maximum absolute atomic E-state index is 5.82. The van der Waals surface area contributed by atoms with Crippen LogP contribution in [0.3, 0.4) is 0 Å². The van der Waals surface area contributed by atoms with E-state index in [4.69, 9.17) is 5.73 Å². The standard InChI is InChI=1S/C14H15BrN4/c1-9-6-7-10-4-2-3-5-11(10)19(9)14-17-12(15)8-13(16)18-14/h2-5,8-9H,6-7H2,1H3,(H2,16,17,18). The summed E-state index contributed by atoms with van der Waals surface area (Å²) in [5, 5.41) is 0. The molecule has 1 aliphatic rings. The molecule has 1 atom stereocenters. The molecule has 0 bridgehead atoms. The molecule has 1 aromatic carbocycles. The van der Waals surface area contributed by atoms with Crippen LogP contribution in [0.2, 0.25) is 0 Å². The Hall–Kier alpha value is -1.62. The van der Waals surface area contributed by atoms with E-state index in [0.717, 1.165) is 12.8 Å². The zero-order valence-electron chi connectivity index (χ0n) is 10.7. The summed E-state index contributed by atoms with van der Waals surface area (Å²) < 4.78 is 0.713. The largest absolute Gasteiger partial charge is 0.383 e. The highest BCUT2D eigenvalue weighted by molar-refractivity contribution is 9.10. The van der Waals surface area contributed by atoms with Crippen LogP contribution in [-0.2, 0) is 6.42 Å². The minimum atomic E-state index is 0.364. The number of para-hydroxylation sites is 1. The number of nitrogens with zero attached hydrogens (tertiary/aromatic N) is 3. The minimum Gasteiger partial charge on any atom is -0.383 e. The first-order chi connectivity index (χ1) is 9.15. The number of anilines is 3. The number of halogens is 1. The second-order valence-corrected chi connectivity index (χ2v) is 5.61. The molecular formula is C14H15BrN4. The van der Waals surface area contributed by atoms with Crippen molar-refractivity contribution in [2.75, 3.05) is 10.6 Å². The van der Waals surface area contributed by atoms with Crippen molar-refractivity contribution in [1.82, 2.24) is 9.97 Å². The van der Waals surface area contributed by atoms with Crippen LogP contribution in [0.5, 0.6) is 0 Å². The van der Waals surface area contributed by atoms with E-state index in [2.05, 4.69) is 55.9 Å². The molecule has 0 fully saturated rings. The van der Waals surface area contributed by atoms with Crippen LogP contribution in [0.4, 0.5) is 17.5 Å². The third-order valence-electron chi connectivity index (χ3n) is 3.44. The minimum absolute atomic E-state index is 0.364. The van der Waals surface area contributed by atoms with Crippen molar-refractivity contribution in [3.8, 4) is 0 Å². The number of aryl methyl sites for hydroxylation is 1. The van der Waals surface area contributed by atoms with E-state index in [1.54, 1.807) is 6.07 Å². The van der Waals surface area contributed by atoms with Crippen LogP contribution in [-0.4, -0.2) is 16.0 Å². The zero-order valence-corrected chi connectivity index (χ0v) is 12.3. The Balaban J connectivity index is 2.13. The third kappa shape index (κ3) is 2.30. The Bertz CT molecular complexity index is 594. The van der Waals surface area contributed by atoms with Gasteiger partial charge in [-0.15, -0.1) is 0 Å². The van der Waals surface area contributed by atoms with Gasteiger partial charge in [-0.25, -0.2) is 4.98 Å². The second-order valence-electron chi connectivity index (χ2n) is 4.80. The average molecular weight is 319 g/mol. The van der Waals surface area contributed by atoms with E-state index in [-0.39, 0.29) is 0 Å². The first-order valence-electron chi connectivity index (χ1n) is 6.32. The van der Waals surface area contributed by atoms with Gasteiger partial charge in [0.15, 0.2) is 0 Å². The molecule has 2 aromatic rings. The first-order valence-corrected chi connectivity index (χ1v) is 7.11. The van der Waals surface area contributed by atoms with Crippen molar-refractivity contribution < 1.29 is 0 Å². The SMILES string of the molecule is CC1CCc2ccccc2N1c1nc(N)cc(Br)n1. The molecule has 3 rings (SSSR count). The lowest BCUT2D eigenvalue weighted by atomic mass is 9.97. The summed E-state index contributed by atoms with van der Waals surface area (Å²) in [7, 11) is 0. The van der Waals surface area contributed by atoms with Crippen LogP contribution < -0.4 is 10.6 Å². The highest BCUT2D eigenvalue weighted by atomic mass is 79.9. The molecule has 4 nitrogen and oxygen atoms in total. The molecule has 0 saturated carbocycles. The molecule has 0 amide bonds. The van der Waals surface area contributed by atoms with Crippen LogP contribution >= 0.6 is 15.9 Å². The topological polar surface area (TPSA) is 55.0 Å². The monoisotopic (exact) mass is 318 g/mol. The summed E-state index contributed by atoms with van der Waals surface area (Å²) in [6.45, 7) is 2.19. The fourth-order valence-corrected chi connectivity index (χ4v) is 2.92. The molecule has 19 heavy (non-hydrogen) atoms. The summed E-state index contributed by atoms with van der Waals surface area (Å²) in [5.74, 6) is 1.14. The summed E-state index contributed by atoms with van der Waals surface area (Å²) in [4.78, 5) is 11.0. The van der Waals surface area contributed by atoms with E-state index in [1.165, 1.54) is 11.3 Å². The Morgan fingerprint density at radius 3 is 2.89 bits per heavy atom. The third-order valence-corrected chi connectivity index (χ3v) is 3.85. The van der Waals surface area contributed by atoms with Gasteiger partial charge in [-0.2, -0.15) is 4.98 Å². The molecule has 0 radical (unpaired) electrons. The van der Waals surface area contributed by atoms with Crippen molar-refractivity contribution >= 4 is 33.4 Å². The summed E-state index contributed by atoms with van der Waals surface area (Å²) in [5.41, 5.74) is 8.34. The van der Waals surface area contributed by atoms with Gasteiger partial charge in [-0.3, -0.25) is 0 Å². The predicted molar refractivity (Wildman–Crippen MR) is 80.5 cm³/mol. The van der Waals surface area contributed by atoms with E-state index in [0.29, 0.717) is 22.4 Å². The van der Waals surface area contributed by atoms with E-state index in [1.807, 2.05) is 6.07 Å². The van der Waals surface area contributed by atoms with Crippen LogP contribution in [0.25, 0.3) is 0 Å². The quantitative estimate of drug-likeness (QED) is 0.820. The van der Waals surface area contributed by atoms with E-state index in [9.17, 15) is 0 Å². The summed E-state index contributed by atoms with van der Waals surface area (Å²) in [6.07, 6.45) is 2.18. The van der Waals surface area contributed by atoms with Crippen molar-refractivity contribution in [3.63, 3.8) is 0 Å². The molecule has 1 aliphatic heterocycles. The van der Waals surface area contributed by atoms with Crippen molar-refractivity contribution in [3.05, 3.63) is 40.5 Å². The predicted octanol–water partition coefficient (Wildman–Crippen LogP) is 3.29. The van der Waals surface area contributed by atoms with Crippen molar-refractivity contribution in [2.45, 2.75) is 25.8 Å². The van der Waals surface area contributed by atoms with Gasteiger partial charge < -0.3 is 10.6 Å². The van der Waals surface area contributed by atoms with Gasteiger partial charge in [0.05, 0.1) is 0 Å². The van der Waals surface area contributed by atoms with E-state index >= 15 is 0 Å². The second kappa shape index (κ2) is 4.81. The fraction of sp³-hybridized carbons (Fsp3) is 0.286. The van der Waals surface area contributed by atoms with Gasteiger partial charge in [0.1, 0.15) is 10.4 Å². The number of hydrogen-bond donors (Lipinski definition) is 1. The highest BCUT2D eigenvalue weighted by Gasteiger charge is 2.26. The number of aromatic nitrogens is 2. The van der Waals surface area contributed by atoms with Crippen molar-refractivity contribution in [1.29, 1.82) is 0 Å². The maximum Gasteiger partial charge on any atom is 0.233 e. The molecule has 0 saturated heterocycles. The molecule has 2 heterocycles. The Morgan fingerprint density at radius 1 is 1.32 bits per heavy atom. The summed E-state index contributed by atoms with van der Waals surface area (Å²) in [6, 6.07) is 10.5. The molecule has 1 aromatic heterocycles. The van der Waals surface area contributed by atoms with Gasteiger partial charge in [0, 0.05) is 17.8 Å². The Kier molecular flexibility index (Phi) is 3.14. The average Bonchev–Trinajstić information content (AvgIpc) is 2.37. The van der Waals surface area contributed by atoms with Gasteiger partial charge in [0.25, 0.3) is 0 Å². The number of nitrogen functional groups attached to an aromatic ring is 1. The van der Waals surface area contributed by atoms with Gasteiger partial charge in [-0.05, 0) is 47.3 Å². The van der Waals surface area contributed by atoms with Gasteiger partial charge >= 0.3 is 0 Å². The molecular weight excluding hydrogens is 304 g/mol. The number of nitrogens with two attached hydrogens (primary N) is 1. The lowest BCUT2D eigenvalue weighted by Crippen LogP contribution is -2.34. The first kappa shape index (κ1) is 12.4. The Morgan fingerprint density at radius 2 is 2.11 bits per heavy atom. The highest BCUT2D eigenvalue weighted by Crippen LogP contribution is 2.35. The summed E-state index contributed by atoms with van der Waals surface area (Å²) >= 11 is 3.38. The number of rotatable bonds is 1. The number of benzene rings is 1. The Labute approximate surface area is 120 Å². The van der Waals surface area contributed by atoms with Crippen LogP contribution in [0.15, 0.2) is 34.9 Å². The lowest BCUT2D eigenvalue weighted by molar-refractivity contribution is 0.607. The smallest absolute Gasteiger partial charge is 0.233 e. The number of hydrogen-bond acceptors (Lipinski definition) is 4. The fourth-order valence-electron chi connectivity index (χ4n) is 2.52. The molecule has 98 valence electrons. The molecule has 0 aliphatic carbocycles. The molecule has 5 heteroatoms. The van der Waals surface area contributed by atoms with Crippen LogP contribution in [0.1, 0.15) is 18.9 Å². The molecule has 2 N–H and O–H groups in total. The lowest BCUT2D eigenvalue weighted by Gasteiger charge is -2.35. The molecule has 0 spiro atoms. The van der Waals surface area contributed by atoms with Gasteiger partial charge in [0.2, 0.25) is 5.95 Å². The van der Waals surface area contributed by atoms with Crippen molar-refractivity contribution in [2.24, 2.45) is 0 Å². The molecule has 1 unspecified atom stereocenters. The normalized spacial score (nSPS) is 18.2.